The van der Waals surface area contributed by atoms with E-state index in [-0.39, 0.29) is 5.91 Å². The molecule has 3 N–H and O–H groups in total. The maximum absolute atomic E-state index is 12.3. The summed E-state index contributed by atoms with van der Waals surface area (Å²) in [5.74, 6) is 0.716. The molecule has 3 heterocycles. The highest BCUT2D eigenvalue weighted by Crippen LogP contribution is 2.20. The van der Waals surface area contributed by atoms with Crippen molar-refractivity contribution in [2.75, 3.05) is 13.1 Å². The van der Waals surface area contributed by atoms with Gasteiger partial charge < -0.3 is 15.2 Å². The first kappa shape index (κ1) is 16.7. The van der Waals surface area contributed by atoms with Gasteiger partial charge in [0.15, 0.2) is 5.69 Å². The van der Waals surface area contributed by atoms with Gasteiger partial charge in [0.1, 0.15) is 0 Å². The molecule has 26 heavy (non-hydrogen) atoms. The molecule has 134 valence electrons. The van der Waals surface area contributed by atoms with Crippen LogP contribution in [0, 0.1) is 0 Å². The van der Waals surface area contributed by atoms with Crippen molar-refractivity contribution in [1.29, 1.82) is 0 Å². The molecule has 0 saturated heterocycles. The van der Waals surface area contributed by atoms with E-state index in [1.165, 1.54) is 0 Å². The molecule has 3 aromatic rings. The van der Waals surface area contributed by atoms with E-state index in [9.17, 15) is 4.79 Å². The minimum absolute atomic E-state index is 0.208. The highest BCUT2D eigenvalue weighted by atomic mass is 35.5. The number of rotatable bonds is 5. The molecule has 1 aliphatic rings. The summed E-state index contributed by atoms with van der Waals surface area (Å²) in [4.78, 5) is 16.7. The second kappa shape index (κ2) is 7.27. The van der Waals surface area contributed by atoms with Crippen molar-refractivity contribution >= 4 is 17.5 Å². The van der Waals surface area contributed by atoms with Gasteiger partial charge in [0, 0.05) is 54.3 Å². The van der Waals surface area contributed by atoms with Gasteiger partial charge in [-0.15, -0.1) is 0 Å². The summed E-state index contributed by atoms with van der Waals surface area (Å²) >= 11 is 5.97. The number of fused-ring (bicyclic) bond motifs is 1. The maximum Gasteiger partial charge on any atom is 0.272 e. The van der Waals surface area contributed by atoms with Gasteiger partial charge >= 0.3 is 0 Å². The number of amides is 1. The Kier molecular flexibility index (Phi) is 4.68. The zero-order valence-corrected chi connectivity index (χ0v) is 14.6. The molecule has 1 aliphatic heterocycles. The van der Waals surface area contributed by atoms with E-state index in [2.05, 4.69) is 31.0 Å². The average molecular weight is 373 g/mol. The largest absolute Gasteiger partial charge is 0.350 e. The van der Waals surface area contributed by atoms with Crippen molar-refractivity contribution in [3.8, 4) is 11.4 Å². The van der Waals surface area contributed by atoms with Crippen LogP contribution in [0.2, 0.25) is 5.02 Å². The van der Waals surface area contributed by atoms with Crippen molar-refractivity contribution in [1.82, 2.24) is 31.0 Å². The van der Waals surface area contributed by atoms with Crippen LogP contribution in [-0.2, 0) is 19.4 Å². The van der Waals surface area contributed by atoms with Crippen LogP contribution in [0.15, 0.2) is 28.8 Å². The molecular formula is C17H17ClN6O2. The number of halogens is 1. The number of nitrogens with zero attached hydrogens (tertiary/aromatic N) is 3. The lowest BCUT2D eigenvalue weighted by atomic mass is 10.1. The SMILES string of the molecule is O=C(NCCc1nc(-c2cccc(Cl)c2)no1)c1n[nH]c2c1CNCC2. The van der Waals surface area contributed by atoms with Crippen molar-refractivity contribution < 1.29 is 9.32 Å². The first-order chi connectivity index (χ1) is 12.7. The zero-order chi connectivity index (χ0) is 17.9. The van der Waals surface area contributed by atoms with Gasteiger partial charge in [0.2, 0.25) is 11.7 Å². The van der Waals surface area contributed by atoms with Gasteiger partial charge in [0.25, 0.3) is 5.91 Å². The Morgan fingerprint density at radius 1 is 1.38 bits per heavy atom. The first-order valence-corrected chi connectivity index (χ1v) is 8.72. The lowest BCUT2D eigenvalue weighted by Gasteiger charge is -2.12. The highest BCUT2D eigenvalue weighted by Gasteiger charge is 2.21. The molecule has 1 aromatic carbocycles. The fraction of sp³-hybridized carbons (Fsp3) is 0.294. The summed E-state index contributed by atoms with van der Waals surface area (Å²) in [7, 11) is 0. The van der Waals surface area contributed by atoms with Gasteiger partial charge in [0.05, 0.1) is 0 Å². The molecule has 0 aliphatic carbocycles. The monoisotopic (exact) mass is 372 g/mol. The van der Waals surface area contributed by atoms with Gasteiger partial charge in [-0.1, -0.05) is 28.9 Å². The van der Waals surface area contributed by atoms with E-state index >= 15 is 0 Å². The van der Waals surface area contributed by atoms with Crippen LogP contribution < -0.4 is 10.6 Å². The smallest absolute Gasteiger partial charge is 0.272 e. The third-order valence-electron chi connectivity index (χ3n) is 4.20. The third-order valence-corrected chi connectivity index (χ3v) is 4.43. The Labute approximate surface area is 154 Å². The van der Waals surface area contributed by atoms with E-state index in [4.69, 9.17) is 16.1 Å². The fourth-order valence-electron chi connectivity index (χ4n) is 2.88. The van der Waals surface area contributed by atoms with Crippen LogP contribution in [0.4, 0.5) is 0 Å². The minimum atomic E-state index is -0.208. The molecule has 4 rings (SSSR count). The number of carbonyl (C=O) groups is 1. The van der Waals surface area contributed by atoms with Gasteiger partial charge in [-0.3, -0.25) is 9.89 Å². The molecular weight excluding hydrogens is 356 g/mol. The number of aromatic amines is 1. The summed E-state index contributed by atoms with van der Waals surface area (Å²) in [6.45, 7) is 1.93. The number of hydrogen-bond donors (Lipinski definition) is 3. The Morgan fingerprint density at radius 3 is 3.19 bits per heavy atom. The Bertz CT molecular complexity index is 935. The average Bonchev–Trinajstić information content (AvgIpc) is 3.29. The van der Waals surface area contributed by atoms with Crippen molar-refractivity contribution in [3.63, 3.8) is 0 Å². The Balaban J connectivity index is 1.35. The molecule has 0 atom stereocenters. The molecule has 0 radical (unpaired) electrons. The van der Waals surface area contributed by atoms with E-state index in [0.29, 0.717) is 41.9 Å². The quantitative estimate of drug-likeness (QED) is 0.629. The summed E-state index contributed by atoms with van der Waals surface area (Å²) in [6, 6.07) is 7.24. The molecule has 2 aromatic heterocycles. The van der Waals surface area contributed by atoms with Gasteiger partial charge in [-0.25, -0.2) is 0 Å². The Hall–Kier alpha value is -2.71. The zero-order valence-electron chi connectivity index (χ0n) is 13.9. The number of hydrogen-bond acceptors (Lipinski definition) is 6. The van der Waals surface area contributed by atoms with Gasteiger partial charge in [-0.2, -0.15) is 10.1 Å². The highest BCUT2D eigenvalue weighted by molar-refractivity contribution is 6.30. The molecule has 8 nitrogen and oxygen atoms in total. The number of aromatic nitrogens is 4. The van der Waals surface area contributed by atoms with Crippen molar-refractivity contribution in [2.45, 2.75) is 19.4 Å². The lowest BCUT2D eigenvalue weighted by molar-refractivity contribution is 0.0947. The fourth-order valence-corrected chi connectivity index (χ4v) is 3.07. The van der Waals surface area contributed by atoms with Crippen LogP contribution in [0.5, 0.6) is 0 Å². The summed E-state index contributed by atoms with van der Waals surface area (Å²) in [5, 5.41) is 17.7. The van der Waals surface area contributed by atoms with Gasteiger partial charge in [-0.05, 0) is 12.1 Å². The van der Waals surface area contributed by atoms with E-state index < -0.39 is 0 Å². The van der Waals surface area contributed by atoms with Crippen LogP contribution in [-0.4, -0.2) is 39.3 Å². The number of carbonyl (C=O) groups excluding carboxylic acids is 1. The molecule has 0 fully saturated rings. The second-order valence-electron chi connectivity index (χ2n) is 5.98. The van der Waals surface area contributed by atoms with Crippen LogP contribution in [0.25, 0.3) is 11.4 Å². The molecule has 0 saturated carbocycles. The van der Waals surface area contributed by atoms with E-state index in [1.807, 2.05) is 12.1 Å². The summed E-state index contributed by atoms with van der Waals surface area (Å²) < 4.78 is 5.23. The van der Waals surface area contributed by atoms with Crippen LogP contribution >= 0.6 is 11.6 Å². The minimum Gasteiger partial charge on any atom is -0.350 e. The molecule has 0 bridgehead atoms. The number of H-pyrrole nitrogens is 1. The van der Waals surface area contributed by atoms with E-state index in [1.54, 1.807) is 12.1 Å². The molecule has 0 unspecified atom stereocenters. The van der Waals surface area contributed by atoms with E-state index in [0.717, 1.165) is 29.8 Å². The molecule has 9 heteroatoms. The number of nitrogens with one attached hydrogen (secondary N) is 3. The third kappa shape index (κ3) is 3.47. The Morgan fingerprint density at radius 2 is 2.31 bits per heavy atom. The number of benzene rings is 1. The normalized spacial score (nSPS) is 13.4. The topological polar surface area (TPSA) is 109 Å². The molecule has 1 amide bonds. The van der Waals surface area contributed by atoms with Crippen molar-refractivity contribution in [2.24, 2.45) is 0 Å². The predicted molar refractivity (Wildman–Crippen MR) is 94.8 cm³/mol. The maximum atomic E-state index is 12.3. The molecule has 0 spiro atoms. The van der Waals surface area contributed by atoms with Crippen LogP contribution in [0.1, 0.15) is 27.6 Å². The summed E-state index contributed by atoms with van der Waals surface area (Å²) in [5.41, 5.74) is 3.19. The standard InChI is InChI=1S/C17H17ClN6O2/c18-11-3-1-2-10(8-11)16-21-14(26-24-16)5-7-20-17(25)15-12-9-19-6-4-13(12)22-23-15/h1-3,8,19H,4-7,9H2,(H,20,25)(H,22,23). The van der Waals surface area contributed by atoms with Crippen molar-refractivity contribution in [3.05, 3.63) is 52.1 Å². The summed E-state index contributed by atoms with van der Waals surface area (Å²) in [6.07, 6.45) is 1.29. The predicted octanol–water partition coefficient (Wildman–Crippen LogP) is 1.73. The van der Waals surface area contributed by atoms with Crippen LogP contribution in [0.3, 0.4) is 0 Å². The second-order valence-corrected chi connectivity index (χ2v) is 6.42. The first-order valence-electron chi connectivity index (χ1n) is 8.34. The lowest BCUT2D eigenvalue weighted by Crippen LogP contribution is -2.29.